The van der Waals surface area contributed by atoms with Crippen molar-refractivity contribution in [2.75, 3.05) is 13.1 Å². The van der Waals surface area contributed by atoms with Crippen LogP contribution in [0.15, 0.2) is 28.8 Å². The van der Waals surface area contributed by atoms with Gasteiger partial charge in [0.25, 0.3) is 0 Å². The topological polar surface area (TPSA) is 80.1 Å². The van der Waals surface area contributed by atoms with Crippen molar-refractivity contribution in [2.45, 2.75) is 31.7 Å². The number of benzene rings is 1. The van der Waals surface area contributed by atoms with Gasteiger partial charge < -0.3 is 15.2 Å². The van der Waals surface area contributed by atoms with Crippen LogP contribution in [0.3, 0.4) is 0 Å². The highest BCUT2D eigenvalue weighted by atomic mass is 35.5. The molecule has 2 heterocycles. The fourth-order valence-corrected chi connectivity index (χ4v) is 2.80. The maximum absolute atomic E-state index is 11.9. The summed E-state index contributed by atoms with van der Waals surface area (Å²) in [6, 6.07) is 7.52. The lowest BCUT2D eigenvalue weighted by molar-refractivity contribution is -0.122. The lowest BCUT2D eigenvalue weighted by atomic mass is 10.1. The number of aromatic nitrogens is 2. The number of halogens is 1. The minimum absolute atomic E-state index is 0.0401. The predicted molar refractivity (Wildman–Crippen MR) is 86.3 cm³/mol. The Morgan fingerprint density at radius 1 is 1.43 bits per heavy atom. The van der Waals surface area contributed by atoms with Crippen molar-refractivity contribution >= 4 is 17.5 Å². The Bertz CT molecular complexity index is 668. The van der Waals surface area contributed by atoms with E-state index in [0.29, 0.717) is 36.1 Å². The van der Waals surface area contributed by atoms with Crippen LogP contribution < -0.4 is 10.6 Å². The number of carbonyl (C=O) groups excluding carboxylic acids is 1. The second-order valence-corrected chi connectivity index (χ2v) is 5.97. The van der Waals surface area contributed by atoms with Gasteiger partial charge in [0.05, 0.1) is 6.04 Å². The summed E-state index contributed by atoms with van der Waals surface area (Å²) in [7, 11) is 0. The summed E-state index contributed by atoms with van der Waals surface area (Å²) in [5.74, 6) is 1.15. The molecule has 1 aromatic carbocycles. The summed E-state index contributed by atoms with van der Waals surface area (Å²) in [4.78, 5) is 16.2. The molecule has 0 aliphatic carbocycles. The molecule has 1 aliphatic rings. The quantitative estimate of drug-likeness (QED) is 0.841. The lowest BCUT2D eigenvalue weighted by Crippen LogP contribution is -2.41. The largest absolute Gasteiger partial charge is 0.354 e. The first kappa shape index (κ1) is 16.0. The molecule has 3 rings (SSSR count). The fraction of sp³-hybridized carbons (Fsp3) is 0.438. The Morgan fingerprint density at radius 2 is 2.30 bits per heavy atom. The number of hydrogen-bond acceptors (Lipinski definition) is 5. The van der Waals surface area contributed by atoms with E-state index < -0.39 is 0 Å². The second kappa shape index (κ2) is 7.57. The molecular formula is C16H19ClN4O2. The van der Waals surface area contributed by atoms with E-state index in [0.717, 1.165) is 24.9 Å². The van der Waals surface area contributed by atoms with Crippen LogP contribution in [0.25, 0.3) is 0 Å². The van der Waals surface area contributed by atoms with Gasteiger partial charge >= 0.3 is 0 Å². The molecule has 7 heteroatoms. The van der Waals surface area contributed by atoms with Gasteiger partial charge in [0.15, 0.2) is 5.82 Å². The van der Waals surface area contributed by atoms with Crippen molar-refractivity contribution in [1.29, 1.82) is 0 Å². The standard InChI is InChI=1S/C16H19ClN4O2/c17-12-5-2-1-4-11(12)10-14-20-15(23-21-14)7-9-19-16(22)13-6-3-8-18-13/h1-2,4-5,13,18H,3,6-10H2,(H,19,22). The molecule has 2 aromatic rings. The van der Waals surface area contributed by atoms with E-state index in [1.54, 1.807) is 0 Å². The van der Waals surface area contributed by atoms with Crippen LogP contribution >= 0.6 is 11.6 Å². The highest BCUT2D eigenvalue weighted by Crippen LogP contribution is 2.17. The van der Waals surface area contributed by atoms with Crippen molar-refractivity contribution in [3.63, 3.8) is 0 Å². The van der Waals surface area contributed by atoms with Crippen LogP contribution in [0, 0.1) is 0 Å². The van der Waals surface area contributed by atoms with Gasteiger partial charge in [-0.2, -0.15) is 4.98 Å². The first-order valence-corrected chi connectivity index (χ1v) is 8.16. The van der Waals surface area contributed by atoms with Crippen molar-refractivity contribution in [2.24, 2.45) is 0 Å². The van der Waals surface area contributed by atoms with Crippen LogP contribution in [-0.2, 0) is 17.6 Å². The van der Waals surface area contributed by atoms with Gasteiger partial charge in [0.1, 0.15) is 0 Å². The highest BCUT2D eigenvalue weighted by Gasteiger charge is 2.21. The molecule has 1 aliphatic heterocycles. The number of carbonyl (C=O) groups is 1. The van der Waals surface area contributed by atoms with E-state index in [1.165, 1.54) is 0 Å². The molecule has 1 unspecified atom stereocenters. The minimum Gasteiger partial charge on any atom is -0.354 e. The summed E-state index contributed by atoms with van der Waals surface area (Å²) in [6.07, 6.45) is 3.00. The van der Waals surface area contributed by atoms with E-state index >= 15 is 0 Å². The van der Waals surface area contributed by atoms with E-state index in [1.807, 2.05) is 24.3 Å². The van der Waals surface area contributed by atoms with Crippen molar-refractivity contribution in [3.05, 3.63) is 46.6 Å². The number of nitrogens with one attached hydrogen (secondary N) is 2. The zero-order valence-corrected chi connectivity index (χ0v) is 13.5. The molecule has 6 nitrogen and oxygen atoms in total. The normalized spacial score (nSPS) is 17.3. The maximum atomic E-state index is 11.9. The maximum Gasteiger partial charge on any atom is 0.237 e. The highest BCUT2D eigenvalue weighted by molar-refractivity contribution is 6.31. The molecule has 1 fully saturated rings. The number of amides is 1. The summed E-state index contributed by atoms with van der Waals surface area (Å²) >= 11 is 6.12. The van der Waals surface area contributed by atoms with E-state index in [4.69, 9.17) is 16.1 Å². The molecule has 2 N–H and O–H groups in total. The Kier molecular flexibility index (Phi) is 5.25. The van der Waals surface area contributed by atoms with E-state index in [9.17, 15) is 4.79 Å². The van der Waals surface area contributed by atoms with Gasteiger partial charge in [-0.3, -0.25) is 4.79 Å². The van der Waals surface area contributed by atoms with E-state index in [2.05, 4.69) is 20.8 Å². The lowest BCUT2D eigenvalue weighted by Gasteiger charge is -2.09. The molecule has 0 saturated carbocycles. The third-order valence-corrected chi connectivity index (χ3v) is 4.20. The predicted octanol–water partition coefficient (Wildman–Crippen LogP) is 1.72. The fourth-order valence-electron chi connectivity index (χ4n) is 2.60. The molecule has 23 heavy (non-hydrogen) atoms. The number of hydrogen-bond donors (Lipinski definition) is 2. The molecule has 1 atom stereocenters. The summed E-state index contributed by atoms with van der Waals surface area (Å²) in [6.45, 7) is 1.40. The Morgan fingerprint density at radius 3 is 3.09 bits per heavy atom. The molecule has 0 bridgehead atoms. The molecule has 1 amide bonds. The first-order valence-electron chi connectivity index (χ1n) is 7.78. The summed E-state index contributed by atoms with van der Waals surface area (Å²) in [5.41, 5.74) is 0.960. The van der Waals surface area contributed by atoms with Gasteiger partial charge in [0.2, 0.25) is 11.8 Å². The number of nitrogens with zero attached hydrogens (tertiary/aromatic N) is 2. The first-order chi connectivity index (χ1) is 11.2. The molecule has 0 spiro atoms. The molecule has 0 radical (unpaired) electrons. The van der Waals surface area contributed by atoms with Crippen LogP contribution in [0.5, 0.6) is 0 Å². The zero-order valence-electron chi connectivity index (χ0n) is 12.7. The monoisotopic (exact) mass is 334 g/mol. The molecule has 1 saturated heterocycles. The van der Waals surface area contributed by atoms with Gasteiger partial charge in [0, 0.05) is 24.4 Å². The average molecular weight is 335 g/mol. The van der Waals surface area contributed by atoms with Gasteiger partial charge in [-0.15, -0.1) is 0 Å². The Labute approximate surface area is 139 Å². The van der Waals surface area contributed by atoms with Crippen LogP contribution in [0.1, 0.15) is 30.1 Å². The van der Waals surface area contributed by atoms with E-state index in [-0.39, 0.29) is 11.9 Å². The van der Waals surface area contributed by atoms with Crippen LogP contribution in [-0.4, -0.2) is 35.2 Å². The Balaban J connectivity index is 1.47. The SMILES string of the molecule is O=C(NCCc1nc(Cc2ccccc2Cl)no1)C1CCCN1. The zero-order chi connectivity index (χ0) is 16.1. The molecular weight excluding hydrogens is 316 g/mol. The van der Waals surface area contributed by atoms with Gasteiger partial charge in [-0.05, 0) is 31.0 Å². The summed E-state index contributed by atoms with van der Waals surface area (Å²) in [5, 5.41) is 10.7. The third kappa shape index (κ3) is 4.30. The minimum atomic E-state index is -0.0616. The molecule has 1 aromatic heterocycles. The smallest absolute Gasteiger partial charge is 0.237 e. The third-order valence-electron chi connectivity index (χ3n) is 3.83. The molecule has 122 valence electrons. The van der Waals surface area contributed by atoms with Gasteiger partial charge in [-0.1, -0.05) is 35.0 Å². The van der Waals surface area contributed by atoms with Crippen molar-refractivity contribution in [1.82, 2.24) is 20.8 Å². The van der Waals surface area contributed by atoms with Crippen molar-refractivity contribution in [3.8, 4) is 0 Å². The van der Waals surface area contributed by atoms with Crippen LogP contribution in [0.2, 0.25) is 5.02 Å². The average Bonchev–Trinajstić information content (AvgIpc) is 3.21. The number of rotatable bonds is 6. The summed E-state index contributed by atoms with van der Waals surface area (Å²) < 4.78 is 5.21. The van der Waals surface area contributed by atoms with Crippen molar-refractivity contribution < 1.29 is 9.32 Å². The van der Waals surface area contributed by atoms with Gasteiger partial charge in [-0.25, -0.2) is 0 Å². The Hall–Kier alpha value is -1.92. The van der Waals surface area contributed by atoms with Crippen LogP contribution in [0.4, 0.5) is 0 Å². The second-order valence-electron chi connectivity index (χ2n) is 5.56.